The number of hydrogen-bond donors (Lipinski definition) is 0. The van der Waals surface area contributed by atoms with Crippen LogP contribution in [0, 0.1) is 0 Å². The number of nitrogens with zero attached hydrogens (tertiary/aromatic N) is 3. The van der Waals surface area contributed by atoms with E-state index in [-0.39, 0.29) is 5.37 Å². The van der Waals surface area contributed by atoms with Crippen LogP contribution in [0.25, 0.3) is 6.08 Å². The SMILES string of the molecule is CN(C)c1ccc(C=CC2N=C3C(=Nc4ccccc43)S2)cc1. The molecule has 114 valence electrons. The van der Waals surface area contributed by atoms with Gasteiger partial charge < -0.3 is 4.90 Å². The first-order chi connectivity index (χ1) is 11.2. The molecule has 2 aliphatic heterocycles. The highest BCUT2D eigenvalue weighted by atomic mass is 32.2. The standard InChI is InChI=1S/C19H17N3S/c1-22(2)14-10-7-13(8-11-14)9-12-17-21-18-15-5-3-4-6-16(15)20-19(18)23-17/h3-12,17H,1-2H3. The maximum atomic E-state index is 4.81. The lowest BCUT2D eigenvalue weighted by atomic mass is 10.1. The van der Waals surface area contributed by atoms with Gasteiger partial charge in [0.05, 0.1) is 5.69 Å². The fraction of sp³-hybridized carbons (Fsp3) is 0.158. The quantitative estimate of drug-likeness (QED) is 0.840. The summed E-state index contributed by atoms with van der Waals surface area (Å²) in [7, 11) is 4.10. The third-order valence-electron chi connectivity index (χ3n) is 3.94. The van der Waals surface area contributed by atoms with Crippen LogP contribution in [0.4, 0.5) is 11.4 Å². The van der Waals surface area contributed by atoms with Crippen LogP contribution in [0.15, 0.2) is 64.6 Å². The number of anilines is 1. The molecule has 0 saturated carbocycles. The third kappa shape index (κ3) is 2.70. The van der Waals surface area contributed by atoms with E-state index in [4.69, 9.17) is 4.99 Å². The van der Waals surface area contributed by atoms with E-state index in [1.807, 2.05) is 32.3 Å². The Bertz CT molecular complexity index is 832. The first-order valence-corrected chi connectivity index (χ1v) is 8.47. The van der Waals surface area contributed by atoms with E-state index in [2.05, 4.69) is 52.4 Å². The molecular weight excluding hydrogens is 302 g/mol. The van der Waals surface area contributed by atoms with Gasteiger partial charge in [-0.3, -0.25) is 4.99 Å². The number of aliphatic imine (C=N–C) groups is 2. The van der Waals surface area contributed by atoms with Crippen molar-refractivity contribution >= 4 is 40.0 Å². The van der Waals surface area contributed by atoms with Crippen molar-refractivity contribution in [2.45, 2.75) is 5.37 Å². The van der Waals surface area contributed by atoms with Crippen LogP contribution in [0.3, 0.4) is 0 Å². The number of thioether (sulfide) groups is 1. The van der Waals surface area contributed by atoms with Crippen molar-refractivity contribution in [1.29, 1.82) is 0 Å². The fourth-order valence-corrected chi connectivity index (χ4v) is 3.65. The van der Waals surface area contributed by atoms with E-state index in [9.17, 15) is 0 Å². The molecule has 0 aliphatic carbocycles. The molecule has 4 rings (SSSR count). The molecule has 4 heteroatoms. The highest BCUT2D eigenvalue weighted by Crippen LogP contribution is 2.37. The molecule has 0 bridgehead atoms. The van der Waals surface area contributed by atoms with Gasteiger partial charge in [-0.15, -0.1) is 0 Å². The summed E-state index contributed by atoms with van der Waals surface area (Å²) in [5.41, 5.74) is 5.63. The van der Waals surface area contributed by atoms with Gasteiger partial charge in [-0.1, -0.05) is 48.2 Å². The molecule has 3 nitrogen and oxygen atoms in total. The van der Waals surface area contributed by atoms with Crippen LogP contribution >= 0.6 is 11.8 Å². The molecule has 0 saturated heterocycles. The number of rotatable bonds is 3. The molecule has 23 heavy (non-hydrogen) atoms. The molecule has 0 fully saturated rings. The Morgan fingerprint density at radius 3 is 2.61 bits per heavy atom. The molecule has 1 unspecified atom stereocenters. The maximum absolute atomic E-state index is 4.81. The van der Waals surface area contributed by atoms with Gasteiger partial charge >= 0.3 is 0 Å². The second kappa shape index (κ2) is 5.70. The highest BCUT2D eigenvalue weighted by Gasteiger charge is 2.30. The lowest BCUT2D eigenvalue weighted by Crippen LogP contribution is -2.07. The summed E-state index contributed by atoms with van der Waals surface area (Å²) in [6, 6.07) is 16.7. The van der Waals surface area contributed by atoms with Gasteiger partial charge in [-0.25, -0.2) is 4.99 Å². The van der Waals surface area contributed by atoms with E-state index < -0.39 is 0 Å². The highest BCUT2D eigenvalue weighted by molar-refractivity contribution is 8.17. The van der Waals surface area contributed by atoms with Crippen molar-refractivity contribution in [3.05, 3.63) is 65.7 Å². The predicted octanol–water partition coefficient (Wildman–Crippen LogP) is 4.37. The summed E-state index contributed by atoms with van der Waals surface area (Å²) in [5.74, 6) is 0. The minimum atomic E-state index is 0.116. The van der Waals surface area contributed by atoms with Crippen LogP contribution in [0.2, 0.25) is 0 Å². The van der Waals surface area contributed by atoms with E-state index in [0.29, 0.717) is 0 Å². The van der Waals surface area contributed by atoms with Crippen molar-refractivity contribution in [1.82, 2.24) is 0 Å². The van der Waals surface area contributed by atoms with Crippen LogP contribution in [0.5, 0.6) is 0 Å². The molecule has 2 aromatic rings. The number of benzene rings is 2. The fourth-order valence-electron chi connectivity index (χ4n) is 2.68. The Balaban J connectivity index is 1.52. The molecule has 1 atom stereocenters. The summed E-state index contributed by atoms with van der Waals surface area (Å²) >= 11 is 1.72. The molecule has 0 spiro atoms. The van der Waals surface area contributed by atoms with Crippen LogP contribution in [-0.4, -0.2) is 30.2 Å². The average molecular weight is 319 g/mol. The Labute approximate surface area is 140 Å². The molecular formula is C19H17N3S. The summed E-state index contributed by atoms with van der Waals surface area (Å²) in [5, 5.41) is 1.16. The van der Waals surface area contributed by atoms with E-state index in [0.717, 1.165) is 22.0 Å². The zero-order valence-corrected chi connectivity index (χ0v) is 13.9. The smallest absolute Gasteiger partial charge is 0.125 e. The minimum absolute atomic E-state index is 0.116. The van der Waals surface area contributed by atoms with Gasteiger partial charge in [-0.05, 0) is 29.8 Å². The molecule has 0 N–H and O–H groups in total. The first kappa shape index (κ1) is 14.3. The van der Waals surface area contributed by atoms with Crippen molar-refractivity contribution in [3.8, 4) is 0 Å². The summed E-state index contributed by atoms with van der Waals surface area (Å²) in [4.78, 5) is 11.6. The molecule has 0 aromatic heterocycles. The molecule has 0 amide bonds. The van der Waals surface area contributed by atoms with Gasteiger partial charge in [0.1, 0.15) is 16.1 Å². The third-order valence-corrected chi connectivity index (χ3v) is 4.95. The average Bonchev–Trinajstić information content (AvgIpc) is 3.10. The lowest BCUT2D eigenvalue weighted by molar-refractivity contribution is 1.13. The van der Waals surface area contributed by atoms with E-state index >= 15 is 0 Å². The maximum Gasteiger partial charge on any atom is 0.125 e. The van der Waals surface area contributed by atoms with Crippen LogP contribution in [0.1, 0.15) is 11.1 Å². The molecule has 2 heterocycles. The predicted molar refractivity (Wildman–Crippen MR) is 101 cm³/mol. The van der Waals surface area contributed by atoms with Crippen molar-refractivity contribution in [3.63, 3.8) is 0 Å². The molecule has 2 aromatic carbocycles. The monoisotopic (exact) mass is 319 g/mol. The Morgan fingerprint density at radius 2 is 1.83 bits per heavy atom. The summed E-state index contributed by atoms with van der Waals surface area (Å²) in [6.07, 6.45) is 4.28. The van der Waals surface area contributed by atoms with Gasteiger partial charge in [0.25, 0.3) is 0 Å². The molecule has 2 aliphatic rings. The zero-order valence-electron chi connectivity index (χ0n) is 13.1. The van der Waals surface area contributed by atoms with E-state index in [1.54, 1.807) is 11.8 Å². The van der Waals surface area contributed by atoms with Gasteiger partial charge in [0.15, 0.2) is 0 Å². The Kier molecular flexibility index (Phi) is 3.54. The van der Waals surface area contributed by atoms with Crippen molar-refractivity contribution < 1.29 is 0 Å². The summed E-state index contributed by atoms with van der Waals surface area (Å²) < 4.78 is 0. The zero-order chi connectivity index (χ0) is 15.8. The van der Waals surface area contributed by atoms with Gasteiger partial charge in [-0.2, -0.15) is 0 Å². The Morgan fingerprint density at radius 1 is 1.04 bits per heavy atom. The van der Waals surface area contributed by atoms with Gasteiger partial charge in [0, 0.05) is 25.3 Å². The van der Waals surface area contributed by atoms with Crippen molar-refractivity contribution in [2.24, 2.45) is 9.98 Å². The normalized spacial score (nSPS) is 18.6. The minimum Gasteiger partial charge on any atom is -0.378 e. The lowest BCUT2D eigenvalue weighted by Gasteiger charge is -2.11. The van der Waals surface area contributed by atoms with Crippen molar-refractivity contribution in [2.75, 3.05) is 19.0 Å². The number of hydrogen-bond acceptors (Lipinski definition) is 4. The first-order valence-electron chi connectivity index (χ1n) is 7.59. The number of fused-ring (bicyclic) bond motifs is 3. The second-order valence-corrected chi connectivity index (χ2v) is 6.87. The Hall–Kier alpha value is -2.33. The van der Waals surface area contributed by atoms with Gasteiger partial charge in [0.2, 0.25) is 0 Å². The van der Waals surface area contributed by atoms with Crippen LogP contribution in [-0.2, 0) is 0 Å². The molecule has 0 radical (unpaired) electrons. The second-order valence-electron chi connectivity index (χ2n) is 5.77. The van der Waals surface area contributed by atoms with Crippen LogP contribution < -0.4 is 4.90 Å². The summed E-state index contributed by atoms with van der Waals surface area (Å²) in [6.45, 7) is 0. The number of para-hydroxylation sites is 1. The topological polar surface area (TPSA) is 28.0 Å². The van der Waals surface area contributed by atoms with E-state index in [1.165, 1.54) is 11.3 Å². The largest absolute Gasteiger partial charge is 0.378 e.